The molecule has 1 amide bonds. The third kappa shape index (κ3) is 3.44. The normalized spacial score (nSPS) is 18.8. The van der Waals surface area contributed by atoms with Crippen LogP contribution in [-0.2, 0) is 9.53 Å². The smallest absolute Gasteiger partial charge is 0.252 e. The van der Waals surface area contributed by atoms with Gasteiger partial charge in [-0.2, -0.15) is 0 Å². The molecule has 2 aromatic rings. The zero-order valence-electron chi connectivity index (χ0n) is 13.6. The van der Waals surface area contributed by atoms with Crippen molar-refractivity contribution >= 4 is 27.5 Å². The van der Waals surface area contributed by atoms with Crippen molar-refractivity contribution in [2.24, 2.45) is 0 Å². The molecule has 3 N–H and O–H groups in total. The van der Waals surface area contributed by atoms with E-state index in [-0.39, 0.29) is 5.54 Å². The molecule has 2 unspecified atom stereocenters. The summed E-state index contributed by atoms with van der Waals surface area (Å²) >= 11 is 1.28. The number of nitrogens with one attached hydrogen (secondary N) is 1. The molecule has 1 aromatic carbocycles. The summed E-state index contributed by atoms with van der Waals surface area (Å²) in [5.41, 5.74) is 0.432. The Hall–Kier alpha value is -1.54. The minimum Gasteiger partial charge on any atom is -0.385 e. The number of carbonyl (C=O) groups excluding carboxylic acids is 1. The van der Waals surface area contributed by atoms with Crippen LogP contribution < -0.4 is 5.32 Å². The lowest BCUT2D eigenvalue weighted by Gasteiger charge is -2.43. The third-order valence-corrected chi connectivity index (χ3v) is 5.72. The maximum absolute atomic E-state index is 12.4. The SMILES string of the molecule is COCCC1(NC(=O)C(O)C(O)c2nc3ccccc3s2)CCC1. The second kappa shape index (κ2) is 7.14. The highest BCUT2D eigenvalue weighted by molar-refractivity contribution is 7.18. The van der Waals surface area contributed by atoms with Crippen molar-refractivity contribution in [1.82, 2.24) is 10.3 Å². The number of aliphatic hydroxyl groups excluding tert-OH is 2. The first-order valence-electron chi connectivity index (χ1n) is 8.07. The summed E-state index contributed by atoms with van der Waals surface area (Å²) < 4.78 is 6.01. The Morgan fingerprint density at radius 3 is 2.79 bits per heavy atom. The van der Waals surface area contributed by atoms with E-state index in [9.17, 15) is 15.0 Å². The Bertz CT molecular complexity index is 680. The highest BCUT2D eigenvalue weighted by Crippen LogP contribution is 2.35. The lowest BCUT2D eigenvalue weighted by atomic mass is 9.74. The molecule has 0 saturated heterocycles. The average Bonchev–Trinajstić information content (AvgIpc) is 2.99. The van der Waals surface area contributed by atoms with E-state index in [1.54, 1.807) is 7.11 Å². The minimum absolute atomic E-state index is 0.318. The Labute approximate surface area is 144 Å². The Kier molecular flexibility index (Phi) is 5.15. The molecule has 0 spiro atoms. The van der Waals surface area contributed by atoms with Gasteiger partial charge >= 0.3 is 0 Å². The van der Waals surface area contributed by atoms with Crippen LogP contribution in [0.1, 0.15) is 36.8 Å². The fourth-order valence-electron chi connectivity index (χ4n) is 2.97. The van der Waals surface area contributed by atoms with Crippen molar-refractivity contribution in [2.75, 3.05) is 13.7 Å². The topological polar surface area (TPSA) is 91.7 Å². The molecular formula is C17H22N2O4S. The first kappa shape index (κ1) is 17.3. The van der Waals surface area contributed by atoms with E-state index in [2.05, 4.69) is 10.3 Å². The van der Waals surface area contributed by atoms with Crippen LogP contribution in [-0.4, -0.2) is 46.5 Å². The van der Waals surface area contributed by atoms with Crippen molar-refractivity contribution in [1.29, 1.82) is 0 Å². The number of ether oxygens (including phenoxy) is 1. The number of methoxy groups -OCH3 is 1. The molecular weight excluding hydrogens is 328 g/mol. The van der Waals surface area contributed by atoms with Gasteiger partial charge in [0.15, 0.2) is 6.10 Å². The molecule has 0 aliphatic heterocycles. The van der Waals surface area contributed by atoms with Crippen molar-refractivity contribution in [3.8, 4) is 0 Å². The molecule has 1 aromatic heterocycles. The number of rotatable bonds is 7. The summed E-state index contributed by atoms with van der Waals surface area (Å²) in [5.74, 6) is -0.558. The van der Waals surface area contributed by atoms with E-state index in [0.29, 0.717) is 18.0 Å². The van der Waals surface area contributed by atoms with Crippen molar-refractivity contribution in [3.05, 3.63) is 29.3 Å². The largest absolute Gasteiger partial charge is 0.385 e. The number of carbonyl (C=O) groups is 1. The first-order valence-corrected chi connectivity index (χ1v) is 8.89. The molecule has 1 aliphatic rings. The van der Waals surface area contributed by atoms with E-state index < -0.39 is 18.1 Å². The third-order valence-electron chi connectivity index (χ3n) is 4.61. The molecule has 2 atom stereocenters. The van der Waals surface area contributed by atoms with Crippen LogP contribution in [0.5, 0.6) is 0 Å². The van der Waals surface area contributed by atoms with Crippen LogP contribution in [0.15, 0.2) is 24.3 Å². The van der Waals surface area contributed by atoms with Gasteiger partial charge in [-0.15, -0.1) is 11.3 Å². The van der Waals surface area contributed by atoms with Crippen LogP contribution in [0, 0.1) is 0 Å². The van der Waals surface area contributed by atoms with Crippen LogP contribution >= 0.6 is 11.3 Å². The predicted molar refractivity (Wildman–Crippen MR) is 91.8 cm³/mol. The number of nitrogens with zero attached hydrogens (tertiary/aromatic N) is 1. The number of fused-ring (bicyclic) bond motifs is 1. The number of aromatic nitrogens is 1. The van der Waals surface area contributed by atoms with Gasteiger partial charge in [0.05, 0.1) is 10.2 Å². The molecule has 0 bridgehead atoms. The van der Waals surface area contributed by atoms with Crippen molar-refractivity contribution < 1.29 is 19.7 Å². The molecule has 1 heterocycles. The molecule has 1 fully saturated rings. The fourth-order valence-corrected chi connectivity index (χ4v) is 3.95. The molecule has 0 radical (unpaired) electrons. The van der Waals surface area contributed by atoms with Crippen LogP contribution in [0.2, 0.25) is 0 Å². The van der Waals surface area contributed by atoms with Gasteiger partial charge in [0.1, 0.15) is 11.1 Å². The van der Waals surface area contributed by atoms with Gasteiger partial charge in [0, 0.05) is 19.3 Å². The van der Waals surface area contributed by atoms with Gasteiger partial charge in [-0.3, -0.25) is 4.79 Å². The number of benzene rings is 1. The van der Waals surface area contributed by atoms with Crippen molar-refractivity contribution in [3.63, 3.8) is 0 Å². The second-order valence-electron chi connectivity index (χ2n) is 6.28. The molecule has 6 nitrogen and oxygen atoms in total. The number of thiazole rings is 1. The number of amides is 1. The second-order valence-corrected chi connectivity index (χ2v) is 7.34. The van der Waals surface area contributed by atoms with Crippen LogP contribution in [0.4, 0.5) is 0 Å². The molecule has 1 aliphatic carbocycles. The van der Waals surface area contributed by atoms with E-state index in [4.69, 9.17) is 4.74 Å². The summed E-state index contributed by atoms with van der Waals surface area (Å²) in [4.78, 5) is 16.7. The summed E-state index contributed by atoms with van der Waals surface area (Å²) in [6.45, 7) is 0.552. The predicted octanol–water partition coefficient (Wildman–Crippen LogP) is 1.77. The maximum Gasteiger partial charge on any atom is 0.252 e. The number of hydrogen-bond acceptors (Lipinski definition) is 6. The van der Waals surface area contributed by atoms with Gasteiger partial charge < -0.3 is 20.3 Å². The summed E-state index contributed by atoms with van der Waals surface area (Å²) in [6, 6.07) is 7.47. The number of para-hydroxylation sites is 1. The maximum atomic E-state index is 12.4. The van der Waals surface area contributed by atoms with E-state index >= 15 is 0 Å². The Morgan fingerprint density at radius 2 is 2.17 bits per heavy atom. The zero-order valence-corrected chi connectivity index (χ0v) is 14.4. The van der Waals surface area contributed by atoms with Gasteiger partial charge in [-0.25, -0.2) is 4.98 Å². The minimum atomic E-state index is -1.54. The van der Waals surface area contributed by atoms with E-state index in [0.717, 1.165) is 29.5 Å². The molecule has 3 rings (SSSR count). The summed E-state index contributed by atoms with van der Waals surface area (Å²) in [6.07, 6.45) is 0.616. The Balaban J connectivity index is 1.68. The van der Waals surface area contributed by atoms with Gasteiger partial charge in [0.25, 0.3) is 5.91 Å². The number of hydrogen-bond donors (Lipinski definition) is 3. The van der Waals surface area contributed by atoms with Crippen molar-refractivity contribution in [2.45, 2.75) is 43.4 Å². The lowest BCUT2D eigenvalue weighted by Crippen LogP contribution is -2.57. The molecule has 24 heavy (non-hydrogen) atoms. The van der Waals surface area contributed by atoms with Gasteiger partial charge in [-0.05, 0) is 37.8 Å². The Morgan fingerprint density at radius 1 is 1.42 bits per heavy atom. The number of aliphatic hydroxyl groups is 2. The quantitative estimate of drug-likeness (QED) is 0.708. The molecule has 130 valence electrons. The highest BCUT2D eigenvalue weighted by Gasteiger charge is 2.40. The fraction of sp³-hybridized carbons (Fsp3) is 0.529. The zero-order chi connectivity index (χ0) is 17.2. The average molecular weight is 350 g/mol. The standard InChI is InChI=1S/C17H22N2O4S/c1-23-10-9-17(7-4-8-17)19-15(22)13(20)14(21)16-18-11-5-2-3-6-12(11)24-16/h2-3,5-6,13-14,20-21H,4,7-10H2,1H3,(H,19,22). The summed E-state index contributed by atoms with van der Waals surface area (Å²) in [5, 5.41) is 23.8. The van der Waals surface area contributed by atoms with Crippen LogP contribution in [0.25, 0.3) is 10.2 Å². The van der Waals surface area contributed by atoms with E-state index in [1.807, 2.05) is 24.3 Å². The highest BCUT2D eigenvalue weighted by atomic mass is 32.1. The first-order chi connectivity index (χ1) is 11.5. The van der Waals surface area contributed by atoms with Gasteiger partial charge in [-0.1, -0.05) is 12.1 Å². The van der Waals surface area contributed by atoms with Crippen LogP contribution in [0.3, 0.4) is 0 Å². The molecule has 7 heteroatoms. The van der Waals surface area contributed by atoms with E-state index in [1.165, 1.54) is 11.3 Å². The van der Waals surface area contributed by atoms with Gasteiger partial charge in [0.2, 0.25) is 0 Å². The lowest BCUT2D eigenvalue weighted by molar-refractivity contribution is -0.139. The summed E-state index contributed by atoms with van der Waals surface area (Å²) in [7, 11) is 1.62. The molecule has 1 saturated carbocycles. The monoisotopic (exact) mass is 350 g/mol.